The molecule has 0 aromatic rings. The SMILES string of the molecule is CCC(C#N)(CC)C(=O)N(CCC(C)C)CCC(C)C. The summed E-state index contributed by atoms with van der Waals surface area (Å²) in [5, 5.41) is 9.45. The summed E-state index contributed by atoms with van der Waals surface area (Å²) in [5.41, 5.74) is -0.825. The van der Waals surface area contributed by atoms with Crippen LogP contribution in [0.3, 0.4) is 0 Å². The molecule has 20 heavy (non-hydrogen) atoms. The third-order valence-electron chi connectivity index (χ3n) is 4.07. The van der Waals surface area contributed by atoms with Crippen molar-refractivity contribution in [1.29, 1.82) is 5.26 Å². The fraction of sp³-hybridized carbons (Fsp3) is 0.882. The van der Waals surface area contributed by atoms with Crippen LogP contribution in [0.1, 0.15) is 67.2 Å². The van der Waals surface area contributed by atoms with Crippen molar-refractivity contribution in [2.75, 3.05) is 13.1 Å². The number of hydrogen-bond donors (Lipinski definition) is 0. The zero-order valence-electron chi connectivity index (χ0n) is 14.2. The zero-order valence-corrected chi connectivity index (χ0v) is 14.2. The van der Waals surface area contributed by atoms with E-state index in [0.717, 1.165) is 25.9 Å². The van der Waals surface area contributed by atoms with E-state index in [1.54, 1.807) is 0 Å². The predicted octanol–water partition coefficient (Wildman–Crippen LogP) is 4.24. The Hall–Kier alpha value is -1.04. The molecule has 0 radical (unpaired) electrons. The van der Waals surface area contributed by atoms with Gasteiger partial charge in [0.1, 0.15) is 5.41 Å². The van der Waals surface area contributed by atoms with Gasteiger partial charge in [-0.2, -0.15) is 5.26 Å². The minimum atomic E-state index is -0.825. The molecule has 0 aliphatic rings. The summed E-state index contributed by atoms with van der Waals surface area (Å²) < 4.78 is 0. The number of rotatable bonds is 9. The highest BCUT2D eigenvalue weighted by Crippen LogP contribution is 2.28. The number of hydrogen-bond acceptors (Lipinski definition) is 2. The summed E-state index contributed by atoms with van der Waals surface area (Å²) in [6.45, 7) is 14.1. The Morgan fingerprint density at radius 3 is 1.70 bits per heavy atom. The van der Waals surface area contributed by atoms with Crippen molar-refractivity contribution in [3.63, 3.8) is 0 Å². The van der Waals surface area contributed by atoms with Crippen LogP contribution in [0.2, 0.25) is 0 Å². The Bertz CT molecular complexity index is 312. The van der Waals surface area contributed by atoms with Gasteiger partial charge in [0.15, 0.2) is 0 Å². The molecular formula is C17H32N2O. The highest BCUT2D eigenvalue weighted by molar-refractivity contribution is 5.85. The molecule has 0 aromatic carbocycles. The average Bonchev–Trinajstić information content (AvgIpc) is 2.40. The Morgan fingerprint density at radius 1 is 1.05 bits per heavy atom. The normalized spacial score (nSPS) is 11.8. The van der Waals surface area contributed by atoms with Crippen molar-refractivity contribution in [2.45, 2.75) is 67.2 Å². The lowest BCUT2D eigenvalue weighted by Crippen LogP contribution is -2.44. The maximum Gasteiger partial charge on any atom is 0.243 e. The summed E-state index contributed by atoms with van der Waals surface area (Å²) in [7, 11) is 0. The molecule has 0 heterocycles. The van der Waals surface area contributed by atoms with Gasteiger partial charge in [0.25, 0.3) is 0 Å². The molecule has 0 N–H and O–H groups in total. The lowest BCUT2D eigenvalue weighted by atomic mass is 9.82. The molecule has 0 bridgehead atoms. The molecule has 0 unspecified atom stereocenters. The van der Waals surface area contributed by atoms with Crippen LogP contribution >= 0.6 is 0 Å². The van der Waals surface area contributed by atoms with Crippen molar-refractivity contribution in [1.82, 2.24) is 4.90 Å². The second-order valence-corrected chi connectivity index (χ2v) is 6.56. The second-order valence-electron chi connectivity index (χ2n) is 6.56. The van der Waals surface area contributed by atoms with Crippen molar-refractivity contribution < 1.29 is 4.79 Å². The number of carbonyl (C=O) groups is 1. The maximum absolute atomic E-state index is 12.8. The molecule has 0 spiro atoms. The van der Waals surface area contributed by atoms with E-state index in [1.165, 1.54) is 0 Å². The first-order chi connectivity index (χ1) is 9.32. The van der Waals surface area contributed by atoms with E-state index in [-0.39, 0.29) is 5.91 Å². The molecule has 0 saturated heterocycles. The molecule has 0 atom stereocenters. The first kappa shape index (κ1) is 19.0. The van der Waals surface area contributed by atoms with Gasteiger partial charge >= 0.3 is 0 Å². The maximum atomic E-state index is 12.8. The van der Waals surface area contributed by atoms with Gasteiger partial charge < -0.3 is 4.90 Å². The molecule has 0 saturated carbocycles. The van der Waals surface area contributed by atoms with Gasteiger partial charge in [0, 0.05) is 13.1 Å². The average molecular weight is 280 g/mol. The first-order valence-electron chi connectivity index (χ1n) is 8.03. The molecule has 0 aromatic heterocycles. The fourth-order valence-electron chi connectivity index (χ4n) is 2.20. The first-order valence-corrected chi connectivity index (χ1v) is 8.03. The van der Waals surface area contributed by atoms with Gasteiger partial charge in [0.2, 0.25) is 5.91 Å². The summed E-state index contributed by atoms with van der Waals surface area (Å²) in [5.74, 6) is 1.18. The fourth-order valence-corrected chi connectivity index (χ4v) is 2.20. The van der Waals surface area contributed by atoms with Gasteiger partial charge in [-0.3, -0.25) is 4.79 Å². The monoisotopic (exact) mass is 280 g/mol. The molecule has 0 rings (SSSR count). The Kier molecular flexibility index (Phi) is 8.53. The molecule has 1 amide bonds. The van der Waals surface area contributed by atoms with Crippen molar-refractivity contribution >= 4 is 5.91 Å². The molecular weight excluding hydrogens is 248 g/mol. The number of nitriles is 1. The number of carbonyl (C=O) groups excluding carboxylic acids is 1. The lowest BCUT2D eigenvalue weighted by molar-refractivity contribution is -0.139. The Labute approximate surface area is 125 Å². The molecule has 116 valence electrons. The molecule has 0 aliphatic heterocycles. The highest BCUT2D eigenvalue weighted by Gasteiger charge is 2.38. The van der Waals surface area contributed by atoms with Crippen LogP contribution in [0.5, 0.6) is 0 Å². The summed E-state index contributed by atoms with van der Waals surface area (Å²) in [6, 6.07) is 2.28. The van der Waals surface area contributed by atoms with E-state index in [1.807, 2.05) is 18.7 Å². The Morgan fingerprint density at radius 2 is 1.45 bits per heavy atom. The zero-order chi connectivity index (χ0) is 15.8. The molecule has 3 nitrogen and oxygen atoms in total. The molecule has 0 aliphatic carbocycles. The van der Waals surface area contributed by atoms with E-state index in [4.69, 9.17) is 0 Å². The minimum absolute atomic E-state index is 0.0336. The Balaban J connectivity index is 4.98. The van der Waals surface area contributed by atoms with Gasteiger partial charge in [0.05, 0.1) is 6.07 Å². The quantitative estimate of drug-likeness (QED) is 0.634. The van der Waals surface area contributed by atoms with Crippen LogP contribution in [0.15, 0.2) is 0 Å². The van der Waals surface area contributed by atoms with Gasteiger partial charge in [-0.15, -0.1) is 0 Å². The number of nitrogens with zero attached hydrogens (tertiary/aromatic N) is 2. The van der Waals surface area contributed by atoms with Gasteiger partial charge in [-0.25, -0.2) is 0 Å². The van der Waals surface area contributed by atoms with Crippen LogP contribution < -0.4 is 0 Å². The van der Waals surface area contributed by atoms with Gasteiger partial charge in [-0.1, -0.05) is 41.5 Å². The van der Waals surface area contributed by atoms with E-state index in [2.05, 4.69) is 33.8 Å². The minimum Gasteiger partial charge on any atom is -0.341 e. The standard InChI is InChI=1S/C17H32N2O/c1-7-17(8-2,13-18)16(20)19(11-9-14(3)4)12-10-15(5)6/h14-15H,7-12H2,1-6H3. The molecule has 0 fully saturated rings. The van der Waals surface area contributed by atoms with Crippen LogP contribution in [-0.4, -0.2) is 23.9 Å². The van der Waals surface area contributed by atoms with Crippen LogP contribution in [-0.2, 0) is 4.79 Å². The van der Waals surface area contributed by atoms with E-state index in [9.17, 15) is 10.1 Å². The third kappa shape index (κ3) is 5.53. The highest BCUT2D eigenvalue weighted by atomic mass is 16.2. The van der Waals surface area contributed by atoms with E-state index >= 15 is 0 Å². The topological polar surface area (TPSA) is 44.1 Å². The predicted molar refractivity (Wildman–Crippen MR) is 84.1 cm³/mol. The van der Waals surface area contributed by atoms with Crippen molar-refractivity contribution in [3.8, 4) is 6.07 Å². The largest absolute Gasteiger partial charge is 0.341 e. The van der Waals surface area contributed by atoms with Crippen molar-refractivity contribution in [2.24, 2.45) is 17.3 Å². The summed E-state index contributed by atoms with van der Waals surface area (Å²) in [4.78, 5) is 14.7. The third-order valence-corrected chi connectivity index (χ3v) is 4.07. The lowest BCUT2D eigenvalue weighted by Gasteiger charge is -2.32. The molecule has 3 heteroatoms. The number of amides is 1. The van der Waals surface area contributed by atoms with E-state index in [0.29, 0.717) is 24.7 Å². The van der Waals surface area contributed by atoms with Crippen LogP contribution in [0.25, 0.3) is 0 Å². The van der Waals surface area contributed by atoms with Crippen molar-refractivity contribution in [3.05, 3.63) is 0 Å². The smallest absolute Gasteiger partial charge is 0.243 e. The second kappa shape index (κ2) is 9.00. The summed E-state index contributed by atoms with van der Waals surface area (Å²) in [6.07, 6.45) is 3.19. The van der Waals surface area contributed by atoms with Crippen LogP contribution in [0, 0.1) is 28.6 Å². The summed E-state index contributed by atoms with van der Waals surface area (Å²) >= 11 is 0. The van der Waals surface area contributed by atoms with Crippen LogP contribution in [0.4, 0.5) is 0 Å². The van der Waals surface area contributed by atoms with E-state index < -0.39 is 5.41 Å². The van der Waals surface area contributed by atoms with Gasteiger partial charge in [-0.05, 0) is 37.5 Å².